The fourth-order valence-corrected chi connectivity index (χ4v) is 6.07. The van der Waals surface area contributed by atoms with Crippen LogP contribution in [-0.2, 0) is 9.53 Å². The number of thiophene rings is 1. The second-order valence-corrected chi connectivity index (χ2v) is 9.71. The first-order valence-electron chi connectivity index (χ1n) is 10.8. The molecular weight excluding hydrogens is 468 g/mol. The first-order chi connectivity index (χ1) is 16.5. The van der Waals surface area contributed by atoms with Crippen molar-refractivity contribution in [1.29, 1.82) is 0 Å². The zero-order valence-corrected chi connectivity index (χ0v) is 20.5. The number of allylic oxidation sites excluding steroid dienone is 1. The number of rotatable bonds is 5. The van der Waals surface area contributed by atoms with E-state index in [1.165, 1.54) is 11.3 Å². The summed E-state index contributed by atoms with van der Waals surface area (Å²) < 4.78 is 13.2. The van der Waals surface area contributed by atoms with Gasteiger partial charge in [-0.1, -0.05) is 47.7 Å². The summed E-state index contributed by atoms with van der Waals surface area (Å²) in [5.74, 6) is 0.254. The molecular formula is C26H22N2O4S2. The molecule has 6 nitrogen and oxygen atoms in total. The number of fused-ring (bicyclic) bond motifs is 2. The van der Waals surface area contributed by atoms with Gasteiger partial charge in [0.1, 0.15) is 5.75 Å². The van der Waals surface area contributed by atoms with E-state index >= 15 is 0 Å². The zero-order valence-electron chi connectivity index (χ0n) is 18.9. The fraction of sp³-hybridized carbons (Fsp3) is 0.192. The van der Waals surface area contributed by atoms with Gasteiger partial charge in [-0.3, -0.25) is 9.36 Å². The van der Waals surface area contributed by atoms with Crippen molar-refractivity contribution in [3.05, 3.63) is 95.3 Å². The van der Waals surface area contributed by atoms with Crippen LogP contribution in [0.25, 0.3) is 16.8 Å². The summed E-state index contributed by atoms with van der Waals surface area (Å²) in [4.78, 5) is 33.0. The lowest BCUT2D eigenvalue weighted by Gasteiger charge is -2.26. The molecule has 0 saturated heterocycles. The first kappa shape index (κ1) is 22.3. The Balaban J connectivity index is 1.83. The predicted molar refractivity (Wildman–Crippen MR) is 135 cm³/mol. The van der Waals surface area contributed by atoms with Gasteiger partial charge in [-0.05, 0) is 48.4 Å². The quantitative estimate of drug-likeness (QED) is 0.396. The summed E-state index contributed by atoms with van der Waals surface area (Å²) >= 11 is 2.89. The van der Waals surface area contributed by atoms with Crippen molar-refractivity contribution in [2.75, 3.05) is 13.7 Å². The monoisotopic (exact) mass is 490 g/mol. The van der Waals surface area contributed by atoms with Crippen LogP contribution >= 0.6 is 22.7 Å². The third-order valence-electron chi connectivity index (χ3n) is 5.77. The number of methoxy groups -OCH3 is 1. The standard InChI is InChI=1S/C26H22N2O4S2/c1-4-32-25(30)22-15(2)27-26-28(24(29)21(34-26)14-16-8-7-13-33-16)23(22)19-11-12-20(31-3)18-10-6-5-9-17(18)19/h5-14,23H,4H2,1-3H3/b21-14+. The third kappa shape index (κ3) is 3.69. The Labute approximate surface area is 203 Å². The molecule has 0 saturated carbocycles. The van der Waals surface area contributed by atoms with Gasteiger partial charge < -0.3 is 9.47 Å². The molecule has 2 aromatic carbocycles. The fourth-order valence-electron chi connectivity index (χ4n) is 4.30. The Morgan fingerprint density at radius 2 is 1.94 bits per heavy atom. The molecule has 0 radical (unpaired) electrons. The van der Waals surface area contributed by atoms with E-state index in [0.29, 0.717) is 20.6 Å². The normalized spacial score (nSPS) is 15.9. The van der Waals surface area contributed by atoms with Crippen molar-refractivity contribution in [3.63, 3.8) is 0 Å². The zero-order chi connectivity index (χ0) is 23.8. The first-order valence-corrected chi connectivity index (χ1v) is 12.5. The average Bonchev–Trinajstić information content (AvgIpc) is 3.45. The SMILES string of the molecule is CCOC(=O)C1=C(C)N=c2s/c(=C/c3cccs3)c(=O)n2C1c1ccc(OC)c2ccccc12. The Morgan fingerprint density at radius 1 is 1.15 bits per heavy atom. The van der Waals surface area contributed by atoms with Crippen LogP contribution in [-0.4, -0.2) is 24.3 Å². The average molecular weight is 491 g/mol. The van der Waals surface area contributed by atoms with Gasteiger partial charge in [0.25, 0.3) is 5.56 Å². The highest BCUT2D eigenvalue weighted by atomic mass is 32.1. The number of benzene rings is 2. The molecule has 0 spiro atoms. The number of hydrogen-bond donors (Lipinski definition) is 0. The van der Waals surface area contributed by atoms with E-state index in [2.05, 4.69) is 4.99 Å². The van der Waals surface area contributed by atoms with E-state index in [-0.39, 0.29) is 12.2 Å². The summed E-state index contributed by atoms with van der Waals surface area (Å²) in [6.07, 6.45) is 1.88. The highest BCUT2D eigenvalue weighted by molar-refractivity contribution is 7.11. The molecule has 1 unspecified atom stereocenters. The van der Waals surface area contributed by atoms with Crippen LogP contribution in [0.1, 0.15) is 30.3 Å². The van der Waals surface area contributed by atoms with E-state index in [1.54, 1.807) is 36.9 Å². The smallest absolute Gasteiger partial charge is 0.338 e. The van der Waals surface area contributed by atoms with Crippen molar-refractivity contribution >= 4 is 45.5 Å². The lowest BCUT2D eigenvalue weighted by atomic mass is 9.91. The predicted octanol–water partition coefficient (Wildman–Crippen LogP) is 4.02. The van der Waals surface area contributed by atoms with Crippen LogP contribution in [0.15, 0.2) is 75.0 Å². The van der Waals surface area contributed by atoms with Gasteiger partial charge >= 0.3 is 5.97 Å². The number of carbonyl (C=O) groups excluding carboxylic acids is 1. The maximum atomic E-state index is 13.7. The number of hydrogen-bond acceptors (Lipinski definition) is 7. The number of ether oxygens (including phenoxy) is 2. The Bertz CT molecular complexity index is 1610. The molecule has 0 amide bonds. The molecule has 0 bridgehead atoms. The molecule has 4 aromatic rings. The van der Waals surface area contributed by atoms with Gasteiger partial charge in [0, 0.05) is 10.3 Å². The molecule has 2 aromatic heterocycles. The number of aromatic nitrogens is 1. The van der Waals surface area contributed by atoms with Crippen LogP contribution in [0.2, 0.25) is 0 Å². The molecule has 34 heavy (non-hydrogen) atoms. The van der Waals surface area contributed by atoms with Crippen LogP contribution < -0.4 is 19.6 Å². The molecule has 1 aliphatic heterocycles. The van der Waals surface area contributed by atoms with Crippen molar-refractivity contribution < 1.29 is 14.3 Å². The minimum Gasteiger partial charge on any atom is -0.496 e. The van der Waals surface area contributed by atoms with E-state index < -0.39 is 12.0 Å². The molecule has 1 atom stereocenters. The summed E-state index contributed by atoms with van der Waals surface area (Å²) in [5, 5.41) is 3.77. The van der Waals surface area contributed by atoms with E-state index in [9.17, 15) is 9.59 Å². The molecule has 0 aliphatic carbocycles. The Kier molecular flexibility index (Phi) is 5.93. The number of esters is 1. The van der Waals surface area contributed by atoms with Crippen molar-refractivity contribution in [2.45, 2.75) is 19.9 Å². The summed E-state index contributed by atoms with van der Waals surface area (Å²) in [6, 6.07) is 14.9. The molecule has 0 fully saturated rings. The lowest BCUT2D eigenvalue weighted by molar-refractivity contribution is -0.139. The van der Waals surface area contributed by atoms with E-state index in [4.69, 9.17) is 9.47 Å². The minimum atomic E-state index is -0.670. The minimum absolute atomic E-state index is 0.184. The summed E-state index contributed by atoms with van der Waals surface area (Å²) in [7, 11) is 1.63. The maximum Gasteiger partial charge on any atom is 0.338 e. The molecule has 1 aliphatic rings. The van der Waals surface area contributed by atoms with Crippen LogP contribution in [0, 0.1) is 0 Å². The van der Waals surface area contributed by atoms with Gasteiger partial charge in [-0.2, -0.15) is 0 Å². The summed E-state index contributed by atoms with van der Waals surface area (Å²) in [5.41, 5.74) is 1.55. The van der Waals surface area contributed by atoms with Crippen molar-refractivity contribution in [1.82, 2.24) is 4.57 Å². The Morgan fingerprint density at radius 3 is 2.65 bits per heavy atom. The largest absolute Gasteiger partial charge is 0.496 e. The number of nitrogens with zero attached hydrogens (tertiary/aromatic N) is 2. The third-order valence-corrected chi connectivity index (χ3v) is 7.57. The topological polar surface area (TPSA) is 69.9 Å². The van der Waals surface area contributed by atoms with Gasteiger partial charge in [0.05, 0.1) is 35.6 Å². The van der Waals surface area contributed by atoms with Crippen LogP contribution in [0.5, 0.6) is 5.75 Å². The van der Waals surface area contributed by atoms with E-state index in [0.717, 1.165) is 27.0 Å². The summed E-state index contributed by atoms with van der Waals surface area (Å²) in [6.45, 7) is 3.79. The second kappa shape index (κ2) is 9.04. The molecule has 8 heteroatoms. The number of thiazole rings is 1. The van der Waals surface area contributed by atoms with Crippen molar-refractivity contribution in [2.24, 2.45) is 4.99 Å². The van der Waals surface area contributed by atoms with E-state index in [1.807, 2.05) is 60.0 Å². The van der Waals surface area contributed by atoms with Crippen LogP contribution in [0.3, 0.4) is 0 Å². The van der Waals surface area contributed by atoms with Gasteiger partial charge in [-0.25, -0.2) is 9.79 Å². The lowest BCUT2D eigenvalue weighted by Crippen LogP contribution is -2.40. The highest BCUT2D eigenvalue weighted by Gasteiger charge is 2.34. The second-order valence-electron chi connectivity index (χ2n) is 7.72. The molecule has 3 heterocycles. The van der Waals surface area contributed by atoms with Crippen LogP contribution in [0.4, 0.5) is 0 Å². The van der Waals surface area contributed by atoms with Crippen molar-refractivity contribution in [3.8, 4) is 5.75 Å². The molecule has 172 valence electrons. The Hall–Kier alpha value is -3.49. The van der Waals surface area contributed by atoms with Gasteiger partial charge in [0.2, 0.25) is 0 Å². The van der Waals surface area contributed by atoms with Gasteiger partial charge in [0.15, 0.2) is 4.80 Å². The number of carbonyl (C=O) groups is 1. The molecule has 0 N–H and O–H groups in total. The van der Waals surface area contributed by atoms with Gasteiger partial charge in [-0.15, -0.1) is 11.3 Å². The highest BCUT2D eigenvalue weighted by Crippen LogP contribution is 2.37. The maximum absolute atomic E-state index is 13.7. The molecule has 5 rings (SSSR count).